The summed E-state index contributed by atoms with van der Waals surface area (Å²) in [6.45, 7) is 15.4. The predicted molar refractivity (Wildman–Crippen MR) is 132 cm³/mol. The fraction of sp³-hybridized carbons (Fsp3) is 1.00. The third-order valence-electron chi connectivity index (χ3n) is 14.2. The van der Waals surface area contributed by atoms with Crippen LogP contribution >= 0.6 is 0 Å². The molecule has 13 atom stereocenters. The second kappa shape index (κ2) is 6.33. The number of hydrogen-bond donors (Lipinski definition) is 3. The first kappa shape index (κ1) is 23.9. The molecule has 7 aliphatic rings. The van der Waals surface area contributed by atoms with E-state index in [0.717, 1.165) is 38.5 Å². The molecule has 2 saturated heterocycles. The Bertz CT molecular complexity index is 957. The van der Waals surface area contributed by atoms with Gasteiger partial charge < -0.3 is 24.8 Å². The lowest BCUT2D eigenvalue weighted by Gasteiger charge is -2.63. The SMILES string of the molecule is C[C@@H]1C[C@@H]2OC3(O[C@H]2C(C)(C)O)C1[C@@]1(C)CC[C@@]24C[C@@]25CC[C@H](O)C(C)(C)C5CC[C@H]4[C@]1(C)[C@@H]3O. The lowest BCUT2D eigenvalue weighted by Crippen LogP contribution is -2.60. The molecule has 2 bridgehead atoms. The summed E-state index contributed by atoms with van der Waals surface area (Å²) in [5.74, 6) is 0.523. The van der Waals surface area contributed by atoms with Crippen molar-refractivity contribution in [1.29, 1.82) is 0 Å². The molecule has 0 radical (unpaired) electrons. The highest BCUT2D eigenvalue weighted by Crippen LogP contribution is 2.90. The van der Waals surface area contributed by atoms with Gasteiger partial charge in [0, 0.05) is 11.3 Å². The van der Waals surface area contributed by atoms with Gasteiger partial charge in [0.25, 0.3) is 0 Å². The van der Waals surface area contributed by atoms with Gasteiger partial charge in [-0.3, -0.25) is 0 Å². The minimum Gasteiger partial charge on any atom is -0.393 e. The average Bonchev–Trinajstić information content (AvgIpc) is 3.28. The fourth-order valence-corrected chi connectivity index (χ4v) is 12.7. The molecule has 3 spiro atoms. The molecule has 5 heteroatoms. The van der Waals surface area contributed by atoms with Gasteiger partial charge in [0.1, 0.15) is 12.2 Å². The first-order valence-corrected chi connectivity index (χ1v) is 14.6. The first-order valence-electron chi connectivity index (χ1n) is 14.6. The second-order valence-corrected chi connectivity index (χ2v) is 15.9. The van der Waals surface area contributed by atoms with Crippen molar-refractivity contribution in [1.82, 2.24) is 0 Å². The Balaban J connectivity index is 1.33. The van der Waals surface area contributed by atoms with E-state index in [2.05, 4.69) is 34.6 Å². The van der Waals surface area contributed by atoms with Crippen LogP contribution in [0.4, 0.5) is 0 Å². The van der Waals surface area contributed by atoms with Crippen LogP contribution in [0.2, 0.25) is 0 Å². The van der Waals surface area contributed by atoms with Gasteiger partial charge in [-0.2, -0.15) is 0 Å². The molecular weight excluding hydrogens is 440 g/mol. The van der Waals surface area contributed by atoms with Gasteiger partial charge in [0.05, 0.1) is 17.8 Å². The van der Waals surface area contributed by atoms with Gasteiger partial charge >= 0.3 is 0 Å². The van der Waals surface area contributed by atoms with Crippen LogP contribution in [0, 0.1) is 50.7 Å². The Labute approximate surface area is 211 Å². The monoisotopic (exact) mass is 488 g/mol. The smallest absolute Gasteiger partial charge is 0.199 e. The van der Waals surface area contributed by atoms with Crippen molar-refractivity contribution in [3.8, 4) is 0 Å². The molecular formula is C30H48O5. The number of rotatable bonds is 1. The van der Waals surface area contributed by atoms with Crippen molar-refractivity contribution in [2.45, 2.75) is 136 Å². The topological polar surface area (TPSA) is 79.2 Å². The Morgan fingerprint density at radius 3 is 2.20 bits per heavy atom. The average molecular weight is 489 g/mol. The molecule has 5 aliphatic carbocycles. The third-order valence-corrected chi connectivity index (χ3v) is 14.2. The van der Waals surface area contributed by atoms with E-state index in [1.807, 2.05) is 13.8 Å². The molecule has 3 unspecified atom stereocenters. The summed E-state index contributed by atoms with van der Waals surface area (Å²) in [5.41, 5.74) is -0.788. The summed E-state index contributed by atoms with van der Waals surface area (Å²) in [6, 6.07) is 0. The molecule has 2 heterocycles. The maximum Gasteiger partial charge on any atom is 0.199 e. The van der Waals surface area contributed by atoms with Gasteiger partial charge in [-0.1, -0.05) is 34.6 Å². The van der Waals surface area contributed by atoms with Crippen LogP contribution in [0.1, 0.15) is 99.8 Å². The molecule has 0 aromatic heterocycles. The van der Waals surface area contributed by atoms with E-state index in [9.17, 15) is 15.3 Å². The highest BCUT2D eigenvalue weighted by Gasteiger charge is 2.88. The zero-order valence-electron chi connectivity index (χ0n) is 22.9. The van der Waals surface area contributed by atoms with E-state index in [1.54, 1.807) is 0 Å². The van der Waals surface area contributed by atoms with Crippen molar-refractivity contribution in [3.05, 3.63) is 0 Å². The van der Waals surface area contributed by atoms with Crippen molar-refractivity contribution in [2.75, 3.05) is 0 Å². The standard InChI is InChI=1S/C30H48O5/c1-16-14-17-22(25(4,5)33)35-30(34-17)21(16)26(6)12-13-29-15-28(29)11-10-20(31)24(2,3)18(28)8-9-19(29)27(26,7)23(30)32/h16-23,31-33H,8-15H2,1-7H3/t16-,17+,18?,19+,20+,21?,22-,23+,26-,27-,28-,29+,30?/m1/s1. The van der Waals surface area contributed by atoms with E-state index in [-0.39, 0.29) is 39.8 Å². The quantitative estimate of drug-likeness (QED) is 0.500. The highest BCUT2D eigenvalue weighted by atomic mass is 16.8. The molecule has 3 N–H and O–H groups in total. The van der Waals surface area contributed by atoms with E-state index in [1.165, 1.54) is 12.8 Å². The molecule has 7 rings (SSSR count). The van der Waals surface area contributed by atoms with Crippen LogP contribution < -0.4 is 0 Å². The van der Waals surface area contributed by atoms with Crippen molar-refractivity contribution in [2.24, 2.45) is 50.7 Å². The molecule has 5 nitrogen and oxygen atoms in total. The Hall–Kier alpha value is -0.200. The number of aliphatic hydroxyl groups is 3. The van der Waals surface area contributed by atoms with Crippen LogP contribution in [-0.4, -0.2) is 51.1 Å². The number of fused-ring (bicyclic) bond motifs is 4. The van der Waals surface area contributed by atoms with Crippen LogP contribution in [0.15, 0.2) is 0 Å². The fourth-order valence-electron chi connectivity index (χ4n) is 12.7. The third kappa shape index (κ3) is 2.30. The van der Waals surface area contributed by atoms with Gasteiger partial charge in [-0.25, -0.2) is 0 Å². The van der Waals surface area contributed by atoms with Gasteiger partial charge in [0.2, 0.25) is 0 Å². The zero-order chi connectivity index (χ0) is 25.2. The minimum atomic E-state index is -1.01. The van der Waals surface area contributed by atoms with Gasteiger partial charge in [-0.05, 0) is 105 Å². The number of aliphatic hydroxyl groups excluding tert-OH is 2. The predicted octanol–water partition coefficient (Wildman–Crippen LogP) is 4.66. The second-order valence-electron chi connectivity index (χ2n) is 15.9. The highest BCUT2D eigenvalue weighted by molar-refractivity contribution is 5.34. The first-order chi connectivity index (χ1) is 16.1. The Morgan fingerprint density at radius 1 is 0.857 bits per heavy atom. The van der Waals surface area contributed by atoms with Gasteiger partial charge in [0.15, 0.2) is 5.79 Å². The molecule has 35 heavy (non-hydrogen) atoms. The van der Waals surface area contributed by atoms with Crippen LogP contribution in [0.5, 0.6) is 0 Å². The van der Waals surface area contributed by atoms with E-state index in [0.29, 0.717) is 23.2 Å². The lowest BCUT2D eigenvalue weighted by molar-refractivity contribution is -0.282. The molecule has 0 amide bonds. The summed E-state index contributed by atoms with van der Waals surface area (Å²) >= 11 is 0. The van der Waals surface area contributed by atoms with Crippen molar-refractivity contribution in [3.63, 3.8) is 0 Å². The molecule has 2 aliphatic heterocycles. The summed E-state index contributed by atoms with van der Waals surface area (Å²) < 4.78 is 13.6. The van der Waals surface area contributed by atoms with Crippen molar-refractivity contribution < 1.29 is 24.8 Å². The molecule has 198 valence electrons. The summed E-state index contributed by atoms with van der Waals surface area (Å²) in [7, 11) is 0. The van der Waals surface area contributed by atoms with Crippen LogP contribution in [-0.2, 0) is 9.47 Å². The Morgan fingerprint density at radius 2 is 1.51 bits per heavy atom. The number of hydrogen-bond acceptors (Lipinski definition) is 5. The maximum absolute atomic E-state index is 12.5. The molecule has 0 aromatic carbocycles. The molecule has 5 saturated carbocycles. The van der Waals surface area contributed by atoms with Gasteiger partial charge in [-0.15, -0.1) is 0 Å². The lowest BCUT2D eigenvalue weighted by atomic mass is 9.41. The van der Waals surface area contributed by atoms with E-state index < -0.39 is 23.6 Å². The van der Waals surface area contributed by atoms with E-state index in [4.69, 9.17) is 9.47 Å². The molecule has 7 fully saturated rings. The van der Waals surface area contributed by atoms with Crippen LogP contribution in [0.25, 0.3) is 0 Å². The molecule has 0 aromatic rings. The maximum atomic E-state index is 12.5. The summed E-state index contributed by atoms with van der Waals surface area (Å²) in [6.07, 6.45) is 7.36. The number of ether oxygens (including phenoxy) is 2. The normalized spacial score (nSPS) is 63.9. The minimum absolute atomic E-state index is 0.0331. The summed E-state index contributed by atoms with van der Waals surface area (Å²) in [4.78, 5) is 0. The van der Waals surface area contributed by atoms with E-state index >= 15 is 0 Å². The zero-order valence-corrected chi connectivity index (χ0v) is 22.9. The largest absolute Gasteiger partial charge is 0.393 e. The van der Waals surface area contributed by atoms with Crippen molar-refractivity contribution >= 4 is 0 Å². The Kier molecular flexibility index (Phi) is 4.32. The summed E-state index contributed by atoms with van der Waals surface area (Å²) in [5, 5.41) is 34.4. The van der Waals surface area contributed by atoms with Crippen LogP contribution in [0.3, 0.4) is 0 Å².